The van der Waals surface area contributed by atoms with E-state index in [1.807, 2.05) is 37.3 Å². The third kappa shape index (κ3) is 4.47. The minimum atomic E-state index is -0.716. The topological polar surface area (TPSA) is 91.7 Å². The zero-order chi connectivity index (χ0) is 18.4. The zero-order valence-electron chi connectivity index (χ0n) is 14.5. The predicted octanol–water partition coefficient (Wildman–Crippen LogP) is 1.49. The summed E-state index contributed by atoms with van der Waals surface area (Å²) in [6, 6.07) is 9.70. The molecule has 1 N–H and O–H groups in total. The molecule has 26 heavy (non-hydrogen) atoms. The van der Waals surface area contributed by atoms with Crippen molar-refractivity contribution < 1.29 is 23.8 Å². The van der Waals surface area contributed by atoms with E-state index in [0.29, 0.717) is 18.8 Å². The molecule has 2 heterocycles. The van der Waals surface area contributed by atoms with Gasteiger partial charge in [-0.2, -0.15) is 0 Å². The Morgan fingerprint density at radius 1 is 1.38 bits per heavy atom. The van der Waals surface area contributed by atoms with Crippen molar-refractivity contribution in [2.75, 3.05) is 19.8 Å². The number of hydrogen-bond donors (Lipinski definition) is 1. The minimum absolute atomic E-state index is 0.0460. The maximum Gasteiger partial charge on any atom is 0.356 e. The third-order valence-electron chi connectivity index (χ3n) is 4.03. The number of aromatic nitrogens is 2. The van der Waals surface area contributed by atoms with Crippen LogP contribution in [0.1, 0.15) is 35.4 Å². The molecule has 1 saturated heterocycles. The number of imidazole rings is 1. The molecule has 1 aromatic heterocycles. The first-order valence-corrected chi connectivity index (χ1v) is 8.43. The number of rotatable bonds is 7. The molecule has 0 saturated carbocycles. The average molecular weight is 359 g/mol. The molecule has 1 aliphatic heterocycles. The second-order valence-corrected chi connectivity index (χ2v) is 5.81. The molecule has 3 rings (SSSR count). The van der Waals surface area contributed by atoms with E-state index >= 15 is 0 Å². The molecular weight excluding hydrogens is 338 g/mol. The lowest BCUT2D eigenvalue weighted by Gasteiger charge is -2.16. The summed E-state index contributed by atoms with van der Waals surface area (Å²) in [5.41, 5.74) is 1.38. The van der Waals surface area contributed by atoms with E-state index in [-0.39, 0.29) is 19.1 Å². The quantitative estimate of drug-likeness (QED) is 0.749. The Bertz CT molecular complexity index is 740. The number of carbonyl (C=O) groups is 2. The van der Waals surface area contributed by atoms with Crippen LogP contribution >= 0.6 is 0 Å². The summed E-state index contributed by atoms with van der Waals surface area (Å²) >= 11 is 0. The lowest BCUT2D eigenvalue weighted by molar-refractivity contribution is -0.173. The first-order valence-electron chi connectivity index (χ1n) is 8.43. The first kappa shape index (κ1) is 18.1. The highest BCUT2D eigenvalue weighted by Gasteiger charge is 2.21. The van der Waals surface area contributed by atoms with Crippen molar-refractivity contribution in [3.05, 3.63) is 54.1 Å². The van der Waals surface area contributed by atoms with Crippen molar-refractivity contribution in [3.63, 3.8) is 0 Å². The summed E-state index contributed by atoms with van der Waals surface area (Å²) in [6.45, 7) is 3.03. The van der Waals surface area contributed by atoms with Gasteiger partial charge in [0.1, 0.15) is 12.3 Å². The molecule has 0 radical (unpaired) electrons. The summed E-state index contributed by atoms with van der Waals surface area (Å²) in [5, 5.41) is 2.86. The van der Waals surface area contributed by atoms with Crippen LogP contribution < -0.4 is 5.32 Å². The summed E-state index contributed by atoms with van der Waals surface area (Å²) in [5.74, 6) is -1.03. The van der Waals surface area contributed by atoms with Gasteiger partial charge in [0.15, 0.2) is 0 Å². The highest BCUT2D eigenvalue weighted by molar-refractivity contribution is 5.87. The average Bonchev–Trinajstić information content (AvgIpc) is 3.33. The number of ether oxygens (including phenoxy) is 3. The number of hydrogen-bond acceptors (Lipinski definition) is 7. The van der Waals surface area contributed by atoms with Crippen LogP contribution in [-0.4, -0.2) is 47.7 Å². The van der Waals surface area contributed by atoms with Gasteiger partial charge in [-0.25, -0.2) is 9.78 Å². The van der Waals surface area contributed by atoms with Crippen molar-refractivity contribution in [2.24, 2.45) is 0 Å². The van der Waals surface area contributed by atoms with Gasteiger partial charge in [-0.1, -0.05) is 30.3 Å². The zero-order valence-corrected chi connectivity index (χ0v) is 14.5. The molecule has 2 aromatic rings. The van der Waals surface area contributed by atoms with Crippen LogP contribution in [0.3, 0.4) is 0 Å². The fourth-order valence-electron chi connectivity index (χ4n) is 2.62. The highest BCUT2D eigenvalue weighted by Crippen LogP contribution is 2.19. The van der Waals surface area contributed by atoms with Gasteiger partial charge in [0.05, 0.1) is 31.6 Å². The van der Waals surface area contributed by atoms with Crippen LogP contribution in [0.5, 0.6) is 0 Å². The molecule has 1 unspecified atom stereocenters. The normalized spacial score (nSPS) is 17.7. The SMILES string of the molecule is C[C@H](c1ccccc1)n1cncc1C(=O)OCCC(=O)OC1NCCO1. The standard InChI is InChI=1S/C18H21N3O5/c1-13(14-5-3-2-4-6-14)21-12-19-11-15(21)17(23)24-9-7-16(22)26-18-20-8-10-25-18/h2-6,11-13,18,20H,7-10H2,1H3/t13-,18?/m1/s1. The summed E-state index contributed by atoms with van der Waals surface area (Å²) < 4.78 is 17.1. The van der Waals surface area contributed by atoms with E-state index in [1.165, 1.54) is 6.20 Å². The van der Waals surface area contributed by atoms with Crippen LogP contribution in [-0.2, 0) is 19.0 Å². The maximum atomic E-state index is 12.3. The lowest BCUT2D eigenvalue weighted by Crippen LogP contribution is -2.29. The molecule has 1 aromatic carbocycles. The largest absolute Gasteiger partial charge is 0.460 e. The van der Waals surface area contributed by atoms with Gasteiger partial charge in [0, 0.05) is 6.54 Å². The Kier molecular flexibility index (Phi) is 5.98. The lowest BCUT2D eigenvalue weighted by atomic mass is 10.1. The Morgan fingerprint density at radius 2 is 2.19 bits per heavy atom. The predicted molar refractivity (Wildman–Crippen MR) is 91.2 cm³/mol. The van der Waals surface area contributed by atoms with E-state index in [2.05, 4.69) is 10.3 Å². The Balaban J connectivity index is 1.52. The number of esters is 2. The molecule has 0 spiro atoms. The summed E-state index contributed by atoms with van der Waals surface area (Å²) in [7, 11) is 0. The monoisotopic (exact) mass is 359 g/mol. The molecule has 1 aliphatic rings. The van der Waals surface area contributed by atoms with Gasteiger partial charge in [0.2, 0.25) is 0 Å². The summed E-state index contributed by atoms with van der Waals surface area (Å²) in [4.78, 5) is 28.0. The van der Waals surface area contributed by atoms with Crippen molar-refractivity contribution in [2.45, 2.75) is 25.8 Å². The molecule has 0 amide bonds. The maximum absolute atomic E-state index is 12.3. The van der Waals surface area contributed by atoms with Gasteiger partial charge in [-0.15, -0.1) is 0 Å². The Morgan fingerprint density at radius 3 is 2.92 bits per heavy atom. The molecule has 1 fully saturated rings. The van der Waals surface area contributed by atoms with Crippen LogP contribution in [0, 0.1) is 0 Å². The van der Waals surface area contributed by atoms with E-state index in [4.69, 9.17) is 14.2 Å². The fraction of sp³-hybridized carbons (Fsp3) is 0.389. The van der Waals surface area contributed by atoms with E-state index in [1.54, 1.807) is 10.9 Å². The van der Waals surface area contributed by atoms with Crippen LogP contribution in [0.4, 0.5) is 0 Å². The molecular formula is C18H21N3O5. The first-order chi connectivity index (χ1) is 12.6. The smallest absolute Gasteiger partial charge is 0.356 e. The van der Waals surface area contributed by atoms with Crippen molar-refractivity contribution >= 4 is 11.9 Å². The van der Waals surface area contributed by atoms with Gasteiger partial charge in [-0.3, -0.25) is 10.1 Å². The number of carbonyl (C=O) groups excluding carboxylic acids is 2. The third-order valence-corrected chi connectivity index (χ3v) is 4.03. The Hall–Kier alpha value is -2.71. The van der Waals surface area contributed by atoms with E-state index in [9.17, 15) is 9.59 Å². The van der Waals surface area contributed by atoms with Gasteiger partial charge < -0.3 is 18.8 Å². The van der Waals surface area contributed by atoms with Gasteiger partial charge in [0.25, 0.3) is 6.41 Å². The number of nitrogens with one attached hydrogen (secondary N) is 1. The van der Waals surface area contributed by atoms with Crippen molar-refractivity contribution in [3.8, 4) is 0 Å². The molecule has 2 atom stereocenters. The van der Waals surface area contributed by atoms with Crippen LogP contribution in [0.25, 0.3) is 0 Å². The number of benzene rings is 1. The van der Waals surface area contributed by atoms with E-state index in [0.717, 1.165) is 5.56 Å². The molecule has 8 heteroatoms. The van der Waals surface area contributed by atoms with Crippen molar-refractivity contribution in [1.29, 1.82) is 0 Å². The van der Waals surface area contributed by atoms with Crippen LogP contribution in [0.15, 0.2) is 42.9 Å². The second kappa shape index (κ2) is 8.59. The van der Waals surface area contributed by atoms with Gasteiger partial charge in [-0.05, 0) is 12.5 Å². The van der Waals surface area contributed by atoms with Gasteiger partial charge >= 0.3 is 11.9 Å². The van der Waals surface area contributed by atoms with Crippen LogP contribution in [0.2, 0.25) is 0 Å². The molecule has 138 valence electrons. The molecule has 0 aliphatic carbocycles. The fourth-order valence-corrected chi connectivity index (χ4v) is 2.62. The molecule has 8 nitrogen and oxygen atoms in total. The summed E-state index contributed by atoms with van der Waals surface area (Å²) in [6.07, 6.45) is 2.28. The number of nitrogens with zero attached hydrogens (tertiary/aromatic N) is 2. The molecule has 0 bridgehead atoms. The van der Waals surface area contributed by atoms with E-state index < -0.39 is 18.4 Å². The van der Waals surface area contributed by atoms with Crippen molar-refractivity contribution in [1.82, 2.24) is 14.9 Å². The minimum Gasteiger partial charge on any atom is -0.460 e. The highest BCUT2D eigenvalue weighted by atomic mass is 16.7. The second-order valence-electron chi connectivity index (χ2n) is 5.81. The Labute approximate surface area is 151 Å².